The topological polar surface area (TPSA) is 166 Å². The Morgan fingerprint density at radius 2 is 1.85 bits per heavy atom. The molecule has 0 radical (unpaired) electrons. The number of aromatic nitrogens is 1. The molecule has 1 aliphatic rings. The van der Waals surface area contributed by atoms with E-state index in [-0.39, 0.29) is 47.8 Å². The molecular formula is C17H22N2O7. The lowest BCUT2D eigenvalue weighted by atomic mass is 9.91. The number of aromatic amines is 1. The molecular weight excluding hydrogens is 344 g/mol. The smallest absolute Gasteiger partial charge is 0.373 e. The van der Waals surface area contributed by atoms with Crippen molar-refractivity contribution in [3.8, 4) is 0 Å². The minimum Gasteiger partial charge on any atom is -0.394 e. The summed E-state index contributed by atoms with van der Waals surface area (Å²) in [5.41, 5.74) is 6.47. The zero-order valence-corrected chi connectivity index (χ0v) is 13.6. The third kappa shape index (κ3) is 3.84. The van der Waals surface area contributed by atoms with Gasteiger partial charge in [0.25, 0.3) is 0 Å². The van der Waals surface area contributed by atoms with Gasteiger partial charge in [0, 0.05) is 10.9 Å². The van der Waals surface area contributed by atoms with Gasteiger partial charge in [0.1, 0.15) is 30.5 Å². The Morgan fingerprint density at radius 1 is 1.19 bits per heavy atom. The molecule has 0 aliphatic carbocycles. The Labute approximate surface area is 154 Å². The maximum atomic E-state index is 10.4. The molecule has 1 fully saturated rings. The third-order valence-electron chi connectivity index (χ3n) is 4.15. The van der Waals surface area contributed by atoms with Gasteiger partial charge in [0.2, 0.25) is 0 Å². The average Bonchev–Trinajstić information content (AvgIpc) is 3.09. The summed E-state index contributed by atoms with van der Waals surface area (Å²) in [6.07, 6.45) is -6.45. The third-order valence-corrected chi connectivity index (χ3v) is 4.15. The fourth-order valence-electron chi connectivity index (χ4n) is 2.96. The Bertz CT molecular complexity index is 946. The number of hydrogen-bond donors (Lipinski definition) is 6. The molecule has 0 bridgehead atoms. The van der Waals surface area contributed by atoms with Gasteiger partial charge in [0.15, 0.2) is 0 Å². The quantitative estimate of drug-likeness (QED) is 0.382. The van der Waals surface area contributed by atoms with E-state index < -0.39 is 49.2 Å². The van der Waals surface area contributed by atoms with E-state index in [1.54, 1.807) is 0 Å². The summed E-state index contributed by atoms with van der Waals surface area (Å²) in [5.74, 6) is 0. The maximum absolute atomic E-state index is 10.4. The molecule has 9 heteroatoms. The van der Waals surface area contributed by atoms with Crippen LogP contribution in [0.3, 0.4) is 0 Å². The highest BCUT2D eigenvalue weighted by molar-refractivity contribution is 5.84. The van der Waals surface area contributed by atoms with Crippen molar-refractivity contribution in [1.29, 1.82) is 0 Å². The largest absolute Gasteiger partial charge is 0.394 e. The van der Waals surface area contributed by atoms with Gasteiger partial charge in [0.05, 0.1) is 17.8 Å². The molecule has 0 unspecified atom stereocenters. The number of rotatable bonds is 4. The number of aliphatic hydroxyl groups is 4. The van der Waals surface area contributed by atoms with Crippen LogP contribution in [0.5, 0.6) is 0 Å². The van der Waals surface area contributed by atoms with Crippen molar-refractivity contribution in [3.05, 3.63) is 35.4 Å². The first-order valence-corrected chi connectivity index (χ1v) is 7.76. The predicted molar refractivity (Wildman–Crippen MR) is 88.8 cm³/mol. The number of benzene rings is 1. The molecule has 26 heavy (non-hydrogen) atoms. The van der Waals surface area contributed by atoms with E-state index in [4.69, 9.17) is 25.5 Å². The molecule has 2 heterocycles. The highest BCUT2D eigenvalue weighted by Gasteiger charge is 2.45. The number of ether oxygens (including phenoxy) is 1. The van der Waals surface area contributed by atoms with Crippen molar-refractivity contribution in [2.24, 2.45) is 5.73 Å². The van der Waals surface area contributed by atoms with Gasteiger partial charge < -0.3 is 35.9 Å². The molecule has 1 aromatic heterocycles. The first-order chi connectivity index (χ1) is 14.2. The highest BCUT2D eigenvalue weighted by atomic mass is 16.5. The second-order valence-electron chi connectivity index (χ2n) is 5.64. The van der Waals surface area contributed by atoms with Gasteiger partial charge in [-0.05, 0) is 24.6 Å². The molecule has 7 N–H and O–H groups in total. The standard InChI is InChI=1S/C16H22N2O5.CO2/c17-6-5-9-8-3-1-2-4-10(8)18-12(9)16-15(22)14(21)13(20)11(7-19)23-16;2-1-3/h1-4,11,13-16,18-22H,5-7,17H2;/t11-,13-,14+,15-,16-;/m1./s1/i1D,2D,3D,4D;. The van der Waals surface area contributed by atoms with Crippen molar-refractivity contribution in [1.82, 2.24) is 4.98 Å². The van der Waals surface area contributed by atoms with Crippen molar-refractivity contribution in [2.45, 2.75) is 36.9 Å². The lowest BCUT2D eigenvalue weighted by molar-refractivity contribution is -0.232. The van der Waals surface area contributed by atoms with Crippen LogP contribution in [-0.4, -0.2) is 69.1 Å². The minimum atomic E-state index is -1.58. The highest BCUT2D eigenvalue weighted by Crippen LogP contribution is 2.36. The fourth-order valence-corrected chi connectivity index (χ4v) is 2.96. The first-order valence-electron chi connectivity index (χ1n) is 9.76. The summed E-state index contributed by atoms with van der Waals surface area (Å²) < 4.78 is 37.6. The van der Waals surface area contributed by atoms with Crippen LogP contribution in [0.2, 0.25) is 0 Å². The van der Waals surface area contributed by atoms with Crippen molar-refractivity contribution >= 4 is 17.1 Å². The number of carbonyl (C=O) groups excluding carboxylic acids is 2. The summed E-state index contributed by atoms with van der Waals surface area (Å²) in [6.45, 7) is -0.421. The SMILES string of the molecule is O=C=O.[2H]c1c([2H])c([2H])c2c(CCN)c([C@H]3O[C@H](CO)[C@@H](O)[C@H](O)[C@H]3O)[nH]c2c1[2H]. The van der Waals surface area contributed by atoms with E-state index in [9.17, 15) is 20.4 Å². The number of para-hydroxylation sites is 1. The van der Waals surface area contributed by atoms with E-state index in [0.717, 1.165) is 0 Å². The summed E-state index contributed by atoms with van der Waals surface area (Å²) in [6, 6.07) is -1.33. The normalized spacial score (nSPS) is 30.4. The summed E-state index contributed by atoms with van der Waals surface area (Å²) >= 11 is 0. The molecule has 3 rings (SSSR count). The molecule has 142 valence electrons. The average molecular weight is 370 g/mol. The van der Waals surface area contributed by atoms with Gasteiger partial charge in [-0.3, -0.25) is 0 Å². The van der Waals surface area contributed by atoms with Crippen molar-refractivity contribution in [3.63, 3.8) is 0 Å². The van der Waals surface area contributed by atoms with E-state index >= 15 is 0 Å². The molecule has 2 aromatic rings. The molecule has 0 amide bonds. The zero-order valence-electron chi connectivity index (χ0n) is 17.6. The number of nitrogens with one attached hydrogen (secondary N) is 1. The van der Waals surface area contributed by atoms with Crippen LogP contribution < -0.4 is 5.73 Å². The Morgan fingerprint density at radius 3 is 2.46 bits per heavy atom. The van der Waals surface area contributed by atoms with Crippen LogP contribution in [0, 0.1) is 0 Å². The second-order valence-corrected chi connectivity index (χ2v) is 5.64. The van der Waals surface area contributed by atoms with Gasteiger partial charge in [-0.1, -0.05) is 18.1 Å². The number of hydrogen-bond acceptors (Lipinski definition) is 8. The summed E-state index contributed by atoms with van der Waals surface area (Å²) in [7, 11) is 0. The number of fused-ring (bicyclic) bond motifs is 1. The van der Waals surface area contributed by atoms with Crippen LogP contribution in [0.25, 0.3) is 10.9 Å². The van der Waals surface area contributed by atoms with E-state index in [1.807, 2.05) is 0 Å². The lowest BCUT2D eigenvalue weighted by Gasteiger charge is -2.40. The van der Waals surface area contributed by atoms with Crippen molar-refractivity contribution in [2.75, 3.05) is 13.2 Å². The predicted octanol–water partition coefficient (Wildman–Crippen LogP) is -1.40. The van der Waals surface area contributed by atoms with Gasteiger partial charge in [-0.15, -0.1) is 0 Å². The van der Waals surface area contributed by atoms with Gasteiger partial charge in [-0.2, -0.15) is 9.59 Å². The van der Waals surface area contributed by atoms with E-state index in [1.165, 1.54) is 0 Å². The summed E-state index contributed by atoms with van der Waals surface area (Å²) in [5, 5.41) is 40.0. The summed E-state index contributed by atoms with van der Waals surface area (Å²) in [4.78, 5) is 19.1. The molecule has 1 aliphatic heterocycles. The van der Waals surface area contributed by atoms with Crippen LogP contribution >= 0.6 is 0 Å². The molecule has 0 saturated carbocycles. The monoisotopic (exact) mass is 370 g/mol. The molecule has 5 atom stereocenters. The Hall–Kier alpha value is -2.10. The molecule has 1 aromatic carbocycles. The number of aliphatic hydroxyl groups excluding tert-OH is 4. The lowest BCUT2D eigenvalue weighted by Crippen LogP contribution is -2.55. The number of H-pyrrole nitrogens is 1. The van der Waals surface area contributed by atoms with E-state index in [0.29, 0.717) is 5.56 Å². The van der Waals surface area contributed by atoms with E-state index in [2.05, 4.69) is 4.98 Å². The zero-order chi connectivity index (χ0) is 22.7. The Balaban J connectivity index is 0.00000101. The molecule has 9 nitrogen and oxygen atoms in total. The fraction of sp³-hybridized carbons (Fsp3) is 0.471. The van der Waals surface area contributed by atoms with Crippen LogP contribution in [0.4, 0.5) is 0 Å². The molecule has 1 saturated heterocycles. The van der Waals surface area contributed by atoms with Crippen LogP contribution in [0.1, 0.15) is 22.8 Å². The van der Waals surface area contributed by atoms with Gasteiger partial charge in [-0.25, -0.2) is 0 Å². The van der Waals surface area contributed by atoms with Gasteiger partial charge >= 0.3 is 6.15 Å². The maximum Gasteiger partial charge on any atom is 0.373 e. The Kier molecular flexibility index (Phi) is 5.20. The number of nitrogens with two attached hydrogens (primary N) is 1. The second kappa shape index (κ2) is 9.02. The van der Waals surface area contributed by atoms with Crippen LogP contribution in [-0.2, 0) is 20.7 Å². The first kappa shape index (κ1) is 15.0. The minimum absolute atomic E-state index is 0.136. The van der Waals surface area contributed by atoms with Crippen LogP contribution in [0.15, 0.2) is 24.2 Å². The molecule has 0 spiro atoms. The van der Waals surface area contributed by atoms with Crippen molar-refractivity contribution < 1.29 is 40.2 Å².